The molecule has 0 aliphatic heterocycles. The van der Waals surface area contributed by atoms with Gasteiger partial charge in [0, 0.05) is 11.6 Å². The van der Waals surface area contributed by atoms with E-state index >= 15 is 0 Å². The third kappa shape index (κ3) is 1.35. The SMILES string of the molecule is CC(=O)c1[c]c(O)ccc1. The topological polar surface area (TPSA) is 37.3 Å². The first kappa shape index (κ1) is 6.81. The van der Waals surface area contributed by atoms with E-state index in [1.807, 2.05) is 0 Å². The summed E-state index contributed by atoms with van der Waals surface area (Å²) in [4.78, 5) is 10.7. The van der Waals surface area contributed by atoms with Crippen LogP contribution in [0.15, 0.2) is 18.2 Å². The van der Waals surface area contributed by atoms with Crippen molar-refractivity contribution >= 4 is 5.78 Å². The molecule has 1 aromatic rings. The Morgan fingerprint density at radius 3 is 2.70 bits per heavy atom. The Morgan fingerprint density at radius 1 is 1.60 bits per heavy atom. The van der Waals surface area contributed by atoms with Crippen molar-refractivity contribution in [3.8, 4) is 5.75 Å². The first-order chi connectivity index (χ1) is 4.70. The molecule has 0 heterocycles. The number of phenols is 1. The van der Waals surface area contributed by atoms with E-state index in [1.165, 1.54) is 13.0 Å². The largest absolute Gasteiger partial charge is 0.507 e. The fourth-order valence-electron chi connectivity index (χ4n) is 0.662. The highest BCUT2D eigenvalue weighted by atomic mass is 16.3. The van der Waals surface area contributed by atoms with Crippen molar-refractivity contribution in [1.82, 2.24) is 0 Å². The molecule has 2 heteroatoms. The molecule has 0 saturated carbocycles. The molecule has 0 spiro atoms. The van der Waals surface area contributed by atoms with Crippen molar-refractivity contribution in [2.45, 2.75) is 6.92 Å². The van der Waals surface area contributed by atoms with E-state index in [0.29, 0.717) is 5.56 Å². The summed E-state index contributed by atoms with van der Waals surface area (Å²) in [5.41, 5.74) is 0.417. The van der Waals surface area contributed by atoms with Crippen molar-refractivity contribution < 1.29 is 9.90 Å². The van der Waals surface area contributed by atoms with Crippen LogP contribution in [0.5, 0.6) is 5.75 Å². The highest BCUT2D eigenvalue weighted by Crippen LogP contribution is 2.09. The summed E-state index contributed by atoms with van der Waals surface area (Å²) in [5, 5.41) is 8.85. The van der Waals surface area contributed by atoms with E-state index in [4.69, 9.17) is 5.11 Å². The lowest BCUT2D eigenvalue weighted by Gasteiger charge is -1.93. The monoisotopic (exact) mass is 135 g/mol. The zero-order valence-corrected chi connectivity index (χ0v) is 5.59. The Morgan fingerprint density at radius 2 is 2.30 bits per heavy atom. The number of benzene rings is 1. The molecule has 1 rings (SSSR count). The van der Waals surface area contributed by atoms with E-state index in [9.17, 15) is 4.79 Å². The number of ketones is 1. The van der Waals surface area contributed by atoms with E-state index in [-0.39, 0.29) is 11.5 Å². The van der Waals surface area contributed by atoms with Crippen LogP contribution >= 0.6 is 0 Å². The van der Waals surface area contributed by atoms with Crippen molar-refractivity contribution in [1.29, 1.82) is 0 Å². The quantitative estimate of drug-likeness (QED) is 0.591. The van der Waals surface area contributed by atoms with Crippen molar-refractivity contribution in [2.24, 2.45) is 0 Å². The van der Waals surface area contributed by atoms with Gasteiger partial charge in [0.15, 0.2) is 5.78 Å². The van der Waals surface area contributed by atoms with Crippen LogP contribution in [0.2, 0.25) is 0 Å². The number of aromatic hydroxyl groups is 1. The Bertz CT molecular complexity index is 253. The summed E-state index contributed by atoms with van der Waals surface area (Å²) in [7, 11) is 0. The minimum absolute atomic E-state index is 0.00713. The molecule has 0 fully saturated rings. The third-order valence-electron chi connectivity index (χ3n) is 1.16. The molecule has 0 saturated heterocycles. The van der Waals surface area contributed by atoms with Crippen LogP contribution in [0.3, 0.4) is 0 Å². The van der Waals surface area contributed by atoms with Crippen molar-refractivity contribution in [3.63, 3.8) is 0 Å². The second kappa shape index (κ2) is 2.52. The van der Waals surface area contributed by atoms with E-state index in [1.54, 1.807) is 12.1 Å². The second-order valence-corrected chi connectivity index (χ2v) is 2.01. The van der Waals surface area contributed by atoms with Crippen molar-refractivity contribution in [3.05, 3.63) is 29.8 Å². The molecule has 0 aliphatic carbocycles. The number of Topliss-reactive ketones (excluding diaryl/α,β-unsaturated/α-hetero) is 1. The molecule has 10 heavy (non-hydrogen) atoms. The minimum atomic E-state index is -0.0871. The molecule has 0 aromatic heterocycles. The first-order valence-electron chi connectivity index (χ1n) is 2.92. The van der Waals surface area contributed by atoms with Crippen LogP contribution in [0.1, 0.15) is 17.3 Å². The molecule has 0 bridgehead atoms. The van der Waals surface area contributed by atoms with Crippen molar-refractivity contribution in [2.75, 3.05) is 0 Å². The average Bonchev–Trinajstić information content (AvgIpc) is 1.88. The third-order valence-corrected chi connectivity index (χ3v) is 1.16. The number of hydrogen-bond acceptors (Lipinski definition) is 2. The molecule has 2 nitrogen and oxygen atoms in total. The minimum Gasteiger partial charge on any atom is -0.507 e. The van der Waals surface area contributed by atoms with Gasteiger partial charge in [-0.05, 0) is 13.0 Å². The summed E-state index contributed by atoms with van der Waals surface area (Å²) in [6.07, 6.45) is 0. The van der Waals surface area contributed by atoms with Gasteiger partial charge >= 0.3 is 0 Å². The molecular weight excluding hydrogens is 128 g/mol. The Balaban J connectivity index is 3.07. The zero-order chi connectivity index (χ0) is 7.56. The van der Waals surface area contributed by atoms with Gasteiger partial charge in [0.2, 0.25) is 0 Å². The summed E-state index contributed by atoms with van der Waals surface area (Å²) in [6, 6.07) is 7.22. The van der Waals surface area contributed by atoms with Crippen LogP contribution in [0, 0.1) is 6.07 Å². The lowest BCUT2D eigenvalue weighted by molar-refractivity contribution is 0.101. The number of hydrogen-bond donors (Lipinski definition) is 1. The molecule has 0 amide bonds. The summed E-state index contributed by atoms with van der Waals surface area (Å²) >= 11 is 0. The molecule has 0 aliphatic rings. The second-order valence-electron chi connectivity index (χ2n) is 2.01. The van der Waals surface area contributed by atoms with Gasteiger partial charge in [-0.3, -0.25) is 4.79 Å². The standard InChI is InChI=1S/C8H7O2/c1-6(9)7-3-2-4-8(10)5-7/h2-4,10H,1H3. The first-order valence-corrected chi connectivity index (χ1v) is 2.92. The van der Waals surface area contributed by atoms with Gasteiger partial charge < -0.3 is 5.11 Å². The van der Waals surface area contributed by atoms with Crippen LogP contribution in [0.4, 0.5) is 0 Å². The molecule has 51 valence electrons. The number of carbonyl (C=O) groups excluding carboxylic acids is 1. The maximum Gasteiger partial charge on any atom is 0.160 e. The fourth-order valence-corrected chi connectivity index (χ4v) is 0.662. The smallest absolute Gasteiger partial charge is 0.160 e. The number of phenolic OH excluding ortho intramolecular Hbond substituents is 1. The molecule has 1 radical (unpaired) electrons. The maximum atomic E-state index is 10.7. The molecule has 0 atom stereocenters. The predicted octanol–water partition coefficient (Wildman–Crippen LogP) is 1.39. The Labute approximate surface area is 59.1 Å². The number of rotatable bonds is 1. The highest BCUT2D eigenvalue weighted by molar-refractivity contribution is 5.94. The van der Waals surface area contributed by atoms with Crippen LogP contribution in [-0.4, -0.2) is 10.9 Å². The van der Waals surface area contributed by atoms with Crippen LogP contribution < -0.4 is 0 Å². The van der Waals surface area contributed by atoms with Gasteiger partial charge in [-0.2, -0.15) is 0 Å². The van der Waals surface area contributed by atoms with Gasteiger partial charge in [-0.25, -0.2) is 0 Å². The van der Waals surface area contributed by atoms with Gasteiger partial charge in [0.25, 0.3) is 0 Å². The van der Waals surface area contributed by atoms with E-state index < -0.39 is 0 Å². The Hall–Kier alpha value is -1.31. The molecule has 1 aromatic carbocycles. The van der Waals surface area contributed by atoms with Gasteiger partial charge in [-0.15, -0.1) is 0 Å². The lowest BCUT2D eigenvalue weighted by Crippen LogP contribution is -1.89. The van der Waals surface area contributed by atoms with Gasteiger partial charge in [0.05, 0.1) is 0 Å². The summed E-state index contributed by atoms with van der Waals surface area (Å²) in [5.74, 6) is -0.0800. The van der Waals surface area contributed by atoms with Gasteiger partial charge in [-0.1, -0.05) is 12.1 Å². The van der Waals surface area contributed by atoms with Crippen LogP contribution in [-0.2, 0) is 0 Å². The highest BCUT2D eigenvalue weighted by Gasteiger charge is 1.98. The zero-order valence-electron chi connectivity index (χ0n) is 5.59. The number of carbonyl (C=O) groups is 1. The van der Waals surface area contributed by atoms with E-state index in [2.05, 4.69) is 6.07 Å². The maximum absolute atomic E-state index is 10.7. The van der Waals surface area contributed by atoms with E-state index in [0.717, 1.165) is 0 Å². The molecule has 0 unspecified atom stereocenters. The molecular formula is C8H7O2. The summed E-state index contributed by atoms with van der Waals surface area (Å²) < 4.78 is 0. The summed E-state index contributed by atoms with van der Waals surface area (Å²) in [6.45, 7) is 1.44. The Kier molecular flexibility index (Phi) is 1.71. The molecule has 1 N–H and O–H groups in total. The normalized spacial score (nSPS) is 9.30. The fraction of sp³-hybridized carbons (Fsp3) is 0.125. The predicted molar refractivity (Wildman–Crippen MR) is 36.9 cm³/mol. The average molecular weight is 135 g/mol. The van der Waals surface area contributed by atoms with Crippen LogP contribution in [0.25, 0.3) is 0 Å². The van der Waals surface area contributed by atoms with Gasteiger partial charge in [0.1, 0.15) is 5.75 Å². The lowest BCUT2D eigenvalue weighted by atomic mass is 10.1.